The van der Waals surface area contributed by atoms with Gasteiger partial charge in [0.05, 0.1) is 4.92 Å². The van der Waals surface area contributed by atoms with Gasteiger partial charge in [0.15, 0.2) is 5.75 Å². The molecule has 0 bridgehead atoms. The van der Waals surface area contributed by atoms with Crippen LogP contribution in [0.3, 0.4) is 0 Å². The van der Waals surface area contributed by atoms with Crippen LogP contribution in [0, 0.1) is 10.1 Å². The number of benzene rings is 1. The second-order valence-corrected chi connectivity index (χ2v) is 3.05. The van der Waals surface area contributed by atoms with E-state index in [2.05, 4.69) is 0 Å². The summed E-state index contributed by atoms with van der Waals surface area (Å²) in [5.74, 6) is -2.18. The minimum absolute atomic E-state index is 0.0838. The number of carboxylic acid groups (broad SMARTS) is 1. The van der Waals surface area contributed by atoms with Crippen LogP contribution in [0.1, 0.15) is 10.6 Å². The molecule has 0 saturated carbocycles. The molecule has 7 heteroatoms. The van der Waals surface area contributed by atoms with Gasteiger partial charge in [0.2, 0.25) is 5.76 Å². The summed E-state index contributed by atoms with van der Waals surface area (Å²) in [6.45, 7) is 0. The third-order valence-corrected chi connectivity index (χ3v) is 2.02. The van der Waals surface area contributed by atoms with Gasteiger partial charge in [-0.1, -0.05) is 0 Å². The highest BCUT2D eigenvalue weighted by Crippen LogP contribution is 2.32. The Morgan fingerprint density at radius 1 is 1.38 bits per heavy atom. The number of phenols is 1. The molecule has 0 spiro atoms. The van der Waals surface area contributed by atoms with E-state index in [9.17, 15) is 20.0 Å². The Morgan fingerprint density at radius 2 is 2.06 bits per heavy atom. The van der Waals surface area contributed by atoms with Crippen molar-refractivity contribution in [3.05, 3.63) is 34.1 Å². The fraction of sp³-hybridized carbons (Fsp3) is 0. The fourth-order valence-electron chi connectivity index (χ4n) is 1.32. The van der Waals surface area contributed by atoms with E-state index in [1.807, 2.05) is 0 Å². The Bertz CT molecular complexity index is 599. The van der Waals surface area contributed by atoms with Crippen molar-refractivity contribution < 1.29 is 24.3 Å². The zero-order chi connectivity index (χ0) is 11.9. The average Bonchev–Trinajstić information content (AvgIpc) is 2.58. The van der Waals surface area contributed by atoms with E-state index >= 15 is 0 Å². The lowest BCUT2D eigenvalue weighted by Gasteiger charge is -1.94. The smallest absolute Gasteiger partial charge is 0.371 e. The number of carbonyl (C=O) groups is 1. The van der Waals surface area contributed by atoms with Crippen LogP contribution < -0.4 is 0 Å². The molecule has 0 unspecified atom stereocenters. The van der Waals surface area contributed by atoms with Crippen LogP contribution in [-0.2, 0) is 0 Å². The summed E-state index contributed by atoms with van der Waals surface area (Å²) in [5.41, 5.74) is -0.411. The van der Waals surface area contributed by atoms with Crippen LogP contribution in [0.15, 0.2) is 22.6 Å². The molecule has 0 aliphatic heterocycles. The Balaban J connectivity index is 2.70. The van der Waals surface area contributed by atoms with Crippen molar-refractivity contribution in [2.45, 2.75) is 0 Å². The van der Waals surface area contributed by atoms with Gasteiger partial charge < -0.3 is 14.6 Å². The molecule has 2 aromatic rings. The maximum Gasteiger partial charge on any atom is 0.371 e. The van der Waals surface area contributed by atoms with Crippen LogP contribution in [0.25, 0.3) is 11.0 Å². The number of nitro benzene ring substituents is 1. The van der Waals surface area contributed by atoms with Gasteiger partial charge in [-0.3, -0.25) is 10.1 Å². The molecule has 7 nitrogen and oxygen atoms in total. The monoisotopic (exact) mass is 223 g/mol. The van der Waals surface area contributed by atoms with Crippen LogP contribution in [0.2, 0.25) is 0 Å². The largest absolute Gasteiger partial charge is 0.502 e. The number of nitrogens with zero attached hydrogens (tertiary/aromatic N) is 1. The van der Waals surface area contributed by atoms with Crippen molar-refractivity contribution >= 4 is 22.6 Å². The predicted octanol–water partition coefficient (Wildman–Crippen LogP) is 1.74. The van der Waals surface area contributed by atoms with Crippen molar-refractivity contribution in [3.8, 4) is 5.75 Å². The van der Waals surface area contributed by atoms with E-state index in [-0.39, 0.29) is 16.7 Å². The van der Waals surface area contributed by atoms with Crippen molar-refractivity contribution in [3.63, 3.8) is 0 Å². The van der Waals surface area contributed by atoms with E-state index in [0.717, 1.165) is 18.2 Å². The number of hydrogen-bond acceptors (Lipinski definition) is 5. The van der Waals surface area contributed by atoms with Crippen LogP contribution in [0.5, 0.6) is 5.75 Å². The summed E-state index contributed by atoms with van der Waals surface area (Å²) in [6.07, 6.45) is 0. The van der Waals surface area contributed by atoms with E-state index in [0.29, 0.717) is 0 Å². The zero-order valence-electron chi connectivity index (χ0n) is 7.71. The number of fused-ring (bicyclic) bond motifs is 1. The van der Waals surface area contributed by atoms with Crippen molar-refractivity contribution in [2.75, 3.05) is 0 Å². The number of nitro groups is 1. The second-order valence-electron chi connectivity index (χ2n) is 3.05. The molecule has 0 radical (unpaired) electrons. The molecule has 0 aliphatic rings. The number of carboxylic acids is 1. The first-order valence-corrected chi connectivity index (χ1v) is 4.13. The highest BCUT2D eigenvalue weighted by Gasteiger charge is 2.18. The normalized spacial score (nSPS) is 10.5. The maximum atomic E-state index is 10.6. The molecule has 1 aromatic heterocycles. The molecule has 2 N–H and O–H groups in total. The summed E-state index contributed by atoms with van der Waals surface area (Å²) >= 11 is 0. The summed E-state index contributed by atoms with van der Waals surface area (Å²) < 4.78 is 4.86. The summed E-state index contributed by atoms with van der Waals surface area (Å²) in [6, 6.07) is 3.23. The van der Waals surface area contributed by atoms with Crippen LogP contribution >= 0.6 is 0 Å². The Kier molecular flexibility index (Phi) is 2.01. The molecule has 1 aromatic carbocycles. The first-order chi connectivity index (χ1) is 7.49. The number of rotatable bonds is 2. The molecule has 2 rings (SSSR count). The lowest BCUT2D eigenvalue weighted by Crippen LogP contribution is -1.91. The zero-order valence-corrected chi connectivity index (χ0v) is 7.71. The van der Waals surface area contributed by atoms with Crippen LogP contribution in [-0.4, -0.2) is 21.1 Å². The molecule has 0 fully saturated rings. The third kappa shape index (κ3) is 1.44. The summed E-state index contributed by atoms with van der Waals surface area (Å²) in [5, 5.41) is 28.7. The average molecular weight is 223 g/mol. The van der Waals surface area contributed by atoms with E-state index in [1.165, 1.54) is 0 Å². The second kappa shape index (κ2) is 3.23. The highest BCUT2D eigenvalue weighted by molar-refractivity contribution is 5.92. The number of phenolic OH excluding ortho intramolecular Hbond substituents is 1. The Hall–Kier alpha value is -2.57. The van der Waals surface area contributed by atoms with E-state index in [4.69, 9.17) is 9.52 Å². The highest BCUT2D eigenvalue weighted by atomic mass is 16.6. The van der Waals surface area contributed by atoms with Crippen molar-refractivity contribution in [1.82, 2.24) is 0 Å². The Morgan fingerprint density at radius 3 is 2.62 bits per heavy atom. The van der Waals surface area contributed by atoms with Gasteiger partial charge in [-0.25, -0.2) is 4.79 Å². The summed E-state index contributed by atoms with van der Waals surface area (Å²) in [4.78, 5) is 20.3. The van der Waals surface area contributed by atoms with Gasteiger partial charge in [0, 0.05) is 17.5 Å². The van der Waals surface area contributed by atoms with Gasteiger partial charge in [-0.05, 0) is 6.07 Å². The Labute approximate surface area is 87.7 Å². The van der Waals surface area contributed by atoms with Gasteiger partial charge in [-0.2, -0.15) is 0 Å². The van der Waals surface area contributed by atoms with Gasteiger partial charge in [-0.15, -0.1) is 0 Å². The minimum atomic E-state index is -1.28. The molecule has 0 atom stereocenters. The topological polar surface area (TPSA) is 114 Å². The lowest BCUT2D eigenvalue weighted by atomic mass is 10.2. The quantitative estimate of drug-likeness (QED) is 0.592. The first kappa shape index (κ1) is 9.97. The molecule has 82 valence electrons. The van der Waals surface area contributed by atoms with Crippen LogP contribution in [0.4, 0.5) is 5.69 Å². The predicted molar refractivity (Wildman–Crippen MR) is 51.5 cm³/mol. The molecule has 1 heterocycles. The molecule has 16 heavy (non-hydrogen) atoms. The number of furan rings is 1. The molecular weight excluding hydrogens is 218 g/mol. The van der Waals surface area contributed by atoms with Gasteiger partial charge in [0.25, 0.3) is 0 Å². The van der Waals surface area contributed by atoms with Gasteiger partial charge >= 0.3 is 11.7 Å². The standard InChI is InChI=1S/C9H5NO6/c11-6-3-7-4(1-5(6)10(14)15)2-8(16-7)9(12)13/h1-3,11H,(H,12,13). The molecule has 0 aliphatic carbocycles. The SMILES string of the molecule is O=C(O)c1cc2cc([N+](=O)[O-])c(O)cc2o1. The first-order valence-electron chi connectivity index (χ1n) is 4.13. The van der Waals surface area contributed by atoms with E-state index in [1.54, 1.807) is 0 Å². The molecular formula is C9H5NO6. The molecule has 0 saturated heterocycles. The third-order valence-electron chi connectivity index (χ3n) is 2.02. The number of aromatic carboxylic acids is 1. The van der Waals surface area contributed by atoms with Gasteiger partial charge in [0.1, 0.15) is 5.58 Å². The summed E-state index contributed by atoms with van der Waals surface area (Å²) in [7, 11) is 0. The van der Waals surface area contributed by atoms with E-state index < -0.39 is 22.3 Å². The number of hydrogen-bond donors (Lipinski definition) is 2. The molecule has 0 amide bonds. The lowest BCUT2D eigenvalue weighted by molar-refractivity contribution is -0.385. The van der Waals surface area contributed by atoms with Crippen molar-refractivity contribution in [2.24, 2.45) is 0 Å². The minimum Gasteiger partial charge on any atom is -0.502 e. The number of aromatic hydroxyl groups is 1. The van der Waals surface area contributed by atoms with Crippen molar-refractivity contribution in [1.29, 1.82) is 0 Å². The maximum absolute atomic E-state index is 10.6. The fourth-order valence-corrected chi connectivity index (χ4v) is 1.32.